The molecule has 1 aliphatic carbocycles. The molecule has 1 saturated heterocycles. The highest BCUT2D eigenvalue weighted by molar-refractivity contribution is 5.95. The molecular weight excluding hydrogens is 478 g/mol. The summed E-state index contributed by atoms with van der Waals surface area (Å²) in [7, 11) is 2.11. The maximum Gasteiger partial charge on any atom is 0.251 e. The quantitative estimate of drug-likeness (QED) is 0.363. The predicted octanol–water partition coefficient (Wildman–Crippen LogP) is 4.45. The highest BCUT2D eigenvalue weighted by Gasteiger charge is 2.24. The van der Waals surface area contributed by atoms with E-state index in [1.54, 1.807) is 6.07 Å². The molecule has 1 amide bonds. The summed E-state index contributed by atoms with van der Waals surface area (Å²) in [5.74, 6) is 0.794. The van der Waals surface area contributed by atoms with Crippen molar-refractivity contribution >= 4 is 17.2 Å². The number of amides is 1. The molecule has 0 atom stereocenters. The summed E-state index contributed by atoms with van der Waals surface area (Å²) < 4.78 is 7.45. The topological polar surface area (TPSA) is 92.0 Å². The molecule has 8 heteroatoms. The number of phenols is 1. The fourth-order valence-corrected chi connectivity index (χ4v) is 5.12. The van der Waals surface area contributed by atoms with E-state index in [9.17, 15) is 9.90 Å². The fraction of sp³-hybridized carbons (Fsp3) is 0.367. The van der Waals surface area contributed by atoms with Crippen molar-refractivity contribution in [2.24, 2.45) is 5.92 Å². The number of hydrogen-bond donors (Lipinski definition) is 2. The van der Waals surface area contributed by atoms with E-state index in [1.165, 1.54) is 0 Å². The summed E-state index contributed by atoms with van der Waals surface area (Å²) in [5, 5.41) is 18.4. The summed E-state index contributed by atoms with van der Waals surface area (Å²) in [6.07, 6.45) is 6.57. The van der Waals surface area contributed by atoms with E-state index in [0.717, 1.165) is 79.3 Å². The number of para-hydroxylation sites is 1. The van der Waals surface area contributed by atoms with Crippen LogP contribution in [-0.4, -0.2) is 58.5 Å². The van der Waals surface area contributed by atoms with Gasteiger partial charge in [-0.2, -0.15) is 5.10 Å². The maximum absolute atomic E-state index is 12.5. The lowest BCUT2D eigenvalue weighted by molar-refractivity contribution is 0.0685. The van der Waals surface area contributed by atoms with Gasteiger partial charge in [-0.15, -0.1) is 0 Å². The molecule has 2 aromatic heterocycles. The molecule has 0 bridgehead atoms. The third kappa shape index (κ3) is 5.22. The number of hydrogen-bond acceptors (Lipinski definition) is 6. The SMILES string of the molecule is CN(CC1CCOCC1)c1cc(Cc2ccccc2O)nn2c(-c3ccc(C(=O)NC4CC4)cc3)cnc12. The van der Waals surface area contributed by atoms with Crippen LogP contribution in [0.5, 0.6) is 5.75 Å². The van der Waals surface area contributed by atoms with Crippen molar-refractivity contribution in [2.45, 2.75) is 38.1 Å². The van der Waals surface area contributed by atoms with Crippen LogP contribution in [0.1, 0.15) is 47.3 Å². The van der Waals surface area contributed by atoms with Crippen LogP contribution in [0.15, 0.2) is 60.8 Å². The average molecular weight is 512 g/mol. The number of nitrogens with one attached hydrogen (secondary N) is 1. The molecular formula is C30H33N5O3. The van der Waals surface area contributed by atoms with Gasteiger partial charge in [0.25, 0.3) is 5.91 Å². The molecule has 0 unspecified atom stereocenters. The van der Waals surface area contributed by atoms with Crippen molar-refractivity contribution in [1.82, 2.24) is 19.9 Å². The first-order chi connectivity index (χ1) is 18.5. The molecule has 2 aromatic carbocycles. The zero-order chi connectivity index (χ0) is 26.1. The number of aromatic nitrogens is 3. The summed E-state index contributed by atoms with van der Waals surface area (Å²) in [6, 6.07) is 17.4. The molecule has 0 radical (unpaired) electrons. The minimum atomic E-state index is -0.0303. The van der Waals surface area contributed by atoms with Gasteiger partial charge in [0.15, 0.2) is 5.65 Å². The number of nitrogens with zero attached hydrogens (tertiary/aromatic N) is 4. The molecule has 0 spiro atoms. The van der Waals surface area contributed by atoms with Gasteiger partial charge in [-0.05, 0) is 61.4 Å². The second-order valence-electron chi connectivity index (χ2n) is 10.5. The number of ether oxygens (including phenoxy) is 1. The highest BCUT2D eigenvalue weighted by Crippen LogP contribution is 2.30. The molecule has 1 saturated carbocycles. The number of benzene rings is 2. The number of fused-ring (bicyclic) bond motifs is 1. The standard InChI is InChI=1S/C30H33N5O3/c1-34(19-20-12-14-38-15-13-20)26-17-25(16-23-4-2-3-5-28(23)36)33-35-27(18-31-29(26)35)21-6-8-22(9-7-21)30(37)32-24-10-11-24/h2-9,17-18,20,24,36H,10-16,19H2,1H3,(H,32,37). The van der Waals surface area contributed by atoms with Crippen LogP contribution < -0.4 is 10.2 Å². The van der Waals surface area contributed by atoms with Gasteiger partial charge in [0.1, 0.15) is 5.75 Å². The third-order valence-corrected chi connectivity index (χ3v) is 7.50. The number of aromatic hydroxyl groups is 1. The molecule has 6 rings (SSSR count). The summed E-state index contributed by atoms with van der Waals surface area (Å²) in [4.78, 5) is 19.5. The Morgan fingerprint density at radius 2 is 1.87 bits per heavy atom. The van der Waals surface area contributed by atoms with E-state index in [0.29, 0.717) is 23.9 Å². The van der Waals surface area contributed by atoms with E-state index in [1.807, 2.05) is 53.2 Å². The second-order valence-corrected chi connectivity index (χ2v) is 10.5. The molecule has 2 fully saturated rings. The van der Waals surface area contributed by atoms with Gasteiger partial charge < -0.3 is 20.1 Å². The number of imidazole rings is 1. The van der Waals surface area contributed by atoms with Crippen LogP contribution in [-0.2, 0) is 11.2 Å². The number of carbonyl (C=O) groups is 1. The number of phenolic OH excluding ortho intramolecular Hbond substituents is 1. The number of carbonyl (C=O) groups excluding carboxylic acids is 1. The Morgan fingerprint density at radius 1 is 1.11 bits per heavy atom. The highest BCUT2D eigenvalue weighted by atomic mass is 16.5. The van der Waals surface area contributed by atoms with Crippen LogP contribution in [0, 0.1) is 5.92 Å². The second kappa shape index (κ2) is 10.5. The largest absolute Gasteiger partial charge is 0.508 e. The average Bonchev–Trinajstić information content (AvgIpc) is 3.65. The summed E-state index contributed by atoms with van der Waals surface area (Å²) in [6.45, 7) is 2.53. The summed E-state index contributed by atoms with van der Waals surface area (Å²) >= 11 is 0. The minimum absolute atomic E-state index is 0.0303. The van der Waals surface area contributed by atoms with Gasteiger partial charge in [-0.1, -0.05) is 30.3 Å². The van der Waals surface area contributed by atoms with Gasteiger partial charge in [0, 0.05) is 50.4 Å². The Kier molecular flexibility index (Phi) is 6.72. The van der Waals surface area contributed by atoms with Crippen molar-refractivity contribution in [3.63, 3.8) is 0 Å². The Hall–Kier alpha value is -3.91. The Labute approximate surface area is 222 Å². The van der Waals surface area contributed by atoms with E-state index in [4.69, 9.17) is 14.8 Å². The zero-order valence-electron chi connectivity index (χ0n) is 21.6. The molecule has 3 heterocycles. The number of anilines is 1. The van der Waals surface area contributed by atoms with E-state index in [2.05, 4.69) is 23.3 Å². The molecule has 1 aliphatic heterocycles. The van der Waals surface area contributed by atoms with Crippen molar-refractivity contribution in [1.29, 1.82) is 0 Å². The normalized spacial score (nSPS) is 16.0. The Balaban J connectivity index is 1.36. The Morgan fingerprint density at radius 3 is 2.61 bits per heavy atom. The van der Waals surface area contributed by atoms with Crippen LogP contribution in [0.3, 0.4) is 0 Å². The van der Waals surface area contributed by atoms with E-state index >= 15 is 0 Å². The van der Waals surface area contributed by atoms with E-state index in [-0.39, 0.29) is 11.7 Å². The first-order valence-electron chi connectivity index (χ1n) is 13.4. The molecule has 8 nitrogen and oxygen atoms in total. The lowest BCUT2D eigenvalue weighted by Gasteiger charge is -2.28. The molecule has 38 heavy (non-hydrogen) atoms. The smallest absolute Gasteiger partial charge is 0.251 e. The van der Waals surface area contributed by atoms with Crippen LogP contribution in [0.2, 0.25) is 0 Å². The first kappa shape index (κ1) is 24.4. The first-order valence-corrected chi connectivity index (χ1v) is 13.4. The van der Waals surface area contributed by atoms with Crippen molar-refractivity contribution in [3.8, 4) is 17.0 Å². The van der Waals surface area contributed by atoms with Crippen LogP contribution in [0.4, 0.5) is 5.69 Å². The van der Waals surface area contributed by atoms with Gasteiger partial charge in [0.05, 0.1) is 23.3 Å². The summed E-state index contributed by atoms with van der Waals surface area (Å²) in [5.41, 5.74) is 5.89. The lowest BCUT2D eigenvalue weighted by atomic mass is 9.99. The van der Waals surface area contributed by atoms with Gasteiger partial charge >= 0.3 is 0 Å². The van der Waals surface area contributed by atoms with Gasteiger partial charge in [0.2, 0.25) is 0 Å². The van der Waals surface area contributed by atoms with Gasteiger partial charge in [-0.25, -0.2) is 9.50 Å². The Bertz CT molecular complexity index is 1440. The number of rotatable bonds is 8. The van der Waals surface area contributed by atoms with Crippen molar-refractivity contribution in [3.05, 3.63) is 77.6 Å². The monoisotopic (exact) mass is 511 g/mol. The molecule has 196 valence electrons. The van der Waals surface area contributed by atoms with Gasteiger partial charge in [-0.3, -0.25) is 4.79 Å². The van der Waals surface area contributed by atoms with Crippen molar-refractivity contribution in [2.75, 3.05) is 31.7 Å². The lowest BCUT2D eigenvalue weighted by Crippen LogP contribution is -2.30. The van der Waals surface area contributed by atoms with Crippen LogP contribution >= 0.6 is 0 Å². The molecule has 2 N–H and O–H groups in total. The molecule has 4 aromatic rings. The van der Waals surface area contributed by atoms with Crippen molar-refractivity contribution < 1.29 is 14.6 Å². The molecule has 2 aliphatic rings. The van der Waals surface area contributed by atoms with Crippen LogP contribution in [0.25, 0.3) is 16.9 Å². The predicted molar refractivity (Wildman–Crippen MR) is 147 cm³/mol. The maximum atomic E-state index is 12.5. The minimum Gasteiger partial charge on any atom is -0.508 e. The fourth-order valence-electron chi connectivity index (χ4n) is 5.12. The third-order valence-electron chi connectivity index (χ3n) is 7.50. The zero-order valence-corrected chi connectivity index (χ0v) is 21.6. The van der Waals surface area contributed by atoms with E-state index < -0.39 is 0 Å².